The summed E-state index contributed by atoms with van der Waals surface area (Å²) in [6.07, 6.45) is 0. The first-order valence-corrected chi connectivity index (χ1v) is 5.22. The first-order chi connectivity index (χ1) is 7.20. The molecule has 0 unspecified atom stereocenters. The number of carbonyl (C=O) groups excluding carboxylic acids is 1. The first-order valence-electron chi connectivity index (χ1n) is 3.91. The van der Waals surface area contributed by atoms with E-state index in [1.54, 1.807) is 0 Å². The zero-order valence-corrected chi connectivity index (χ0v) is 10.3. The van der Waals surface area contributed by atoms with E-state index < -0.39 is 0 Å². The van der Waals surface area contributed by atoms with Gasteiger partial charge in [0.2, 0.25) is 0 Å². The number of halogens is 2. The monoisotopic (exact) mass is 282 g/mol. The van der Waals surface area contributed by atoms with E-state index in [-0.39, 0.29) is 0 Å². The van der Waals surface area contributed by atoms with E-state index >= 15 is 0 Å². The van der Waals surface area contributed by atoms with Crippen LogP contribution in [0.5, 0.6) is 0 Å². The number of hydrogen-bond donors (Lipinski definition) is 0. The van der Waals surface area contributed by atoms with Gasteiger partial charge in [-0.1, -0.05) is 10.0 Å². The summed E-state index contributed by atoms with van der Waals surface area (Å²) < 4.78 is 0. The molecule has 0 radical (unpaired) electrons. The van der Waals surface area contributed by atoms with Crippen LogP contribution in [-0.2, 0) is 20.4 Å². The van der Waals surface area contributed by atoms with E-state index in [2.05, 4.69) is 15.6 Å². The van der Waals surface area contributed by atoms with Crippen molar-refractivity contribution >= 4 is 28.0 Å². The van der Waals surface area contributed by atoms with Crippen LogP contribution in [0.4, 0.5) is 0 Å². The Bertz CT molecular complexity index is 327. The van der Waals surface area contributed by atoms with Gasteiger partial charge in [-0.3, -0.25) is 0 Å². The molecule has 0 aromatic heterocycles. The molecule has 2 aromatic carbocycles. The summed E-state index contributed by atoms with van der Waals surface area (Å²) in [6, 6.07) is 15.0. The molecular formula is C11H8Cl2FeO-2. The summed E-state index contributed by atoms with van der Waals surface area (Å²) in [5.41, 5.74) is 0. The number of hydrogen-bond acceptors (Lipinski definition) is 1. The van der Waals surface area contributed by atoms with Gasteiger partial charge in [-0.2, -0.15) is 47.5 Å². The molecule has 0 aliphatic heterocycles. The zero-order chi connectivity index (χ0) is 11.5. The Balaban J connectivity index is 0.000000210. The molecule has 15 heavy (non-hydrogen) atoms. The molecule has 0 atom stereocenters. The van der Waals surface area contributed by atoms with Crippen molar-refractivity contribution in [3.05, 3.63) is 58.6 Å². The van der Waals surface area contributed by atoms with Crippen LogP contribution >= 0.6 is 23.2 Å². The molecule has 1 nitrogen and oxygen atoms in total. The quantitative estimate of drug-likeness (QED) is 0.532. The molecule has 0 saturated heterocycles. The standard InChI is InChI=1S/2C5H4Cl.CO.Fe/c2*6-5-3-1-2-4-5;1-2;/h2*1-4H;;/q2*-1;;. The topological polar surface area (TPSA) is 17.1 Å². The molecule has 0 saturated carbocycles. The van der Waals surface area contributed by atoms with Gasteiger partial charge in [-0.25, -0.2) is 24.3 Å². The molecule has 2 rings (SSSR count). The van der Waals surface area contributed by atoms with Crippen LogP contribution in [0.1, 0.15) is 0 Å². The predicted molar refractivity (Wildman–Crippen MR) is 59.8 cm³/mol. The van der Waals surface area contributed by atoms with Gasteiger partial charge in [-0.15, -0.1) is 0 Å². The van der Waals surface area contributed by atoms with Crippen molar-refractivity contribution in [1.29, 1.82) is 0 Å². The van der Waals surface area contributed by atoms with Crippen LogP contribution in [0.2, 0.25) is 10.0 Å². The predicted octanol–water partition coefficient (Wildman–Crippen LogP) is 3.72. The minimum absolute atomic E-state index is 0.815. The van der Waals surface area contributed by atoms with Gasteiger partial charge in [-0.05, 0) is 0 Å². The molecule has 0 spiro atoms. The third kappa shape index (κ3) is 9.68. The molecule has 82 valence electrons. The van der Waals surface area contributed by atoms with E-state index in [0.29, 0.717) is 0 Å². The van der Waals surface area contributed by atoms with E-state index in [9.17, 15) is 0 Å². The van der Waals surface area contributed by atoms with Crippen molar-refractivity contribution in [3.63, 3.8) is 0 Å². The van der Waals surface area contributed by atoms with Gasteiger partial charge < -0.3 is 0 Å². The molecule has 0 amide bonds. The van der Waals surface area contributed by atoms with Gasteiger partial charge in [0.15, 0.2) is 0 Å². The van der Waals surface area contributed by atoms with Crippen molar-refractivity contribution in [1.82, 2.24) is 0 Å². The van der Waals surface area contributed by atoms with Crippen molar-refractivity contribution in [2.45, 2.75) is 0 Å². The average Bonchev–Trinajstić information content (AvgIpc) is 2.81. The fraction of sp³-hybridized carbons (Fsp3) is 0. The molecule has 0 aliphatic rings. The Labute approximate surface area is 107 Å². The number of rotatable bonds is 0. The summed E-state index contributed by atoms with van der Waals surface area (Å²) in [5.74, 6) is 0. The Morgan fingerprint density at radius 1 is 0.867 bits per heavy atom. The van der Waals surface area contributed by atoms with Crippen LogP contribution in [-0.4, -0.2) is 4.79 Å². The van der Waals surface area contributed by atoms with Crippen LogP contribution < -0.4 is 0 Å². The summed E-state index contributed by atoms with van der Waals surface area (Å²) in [5, 5.41) is 1.63. The van der Waals surface area contributed by atoms with E-state index in [1.807, 2.05) is 48.5 Å². The molecule has 0 aliphatic carbocycles. The van der Waals surface area contributed by atoms with Crippen LogP contribution in [0.3, 0.4) is 0 Å². The Kier molecular flexibility index (Phi) is 9.51. The summed E-state index contributed by atoms with van der Waals surface area (Å²) >= 11 is 13.6. The molecule has 0 N–H and O–H groups in total. The zero-order valence-electron chi connectivity index (χ0n) is 7.64. The summed E-state index contributed by atoms with van der Waals surface area (Å²) in [6.45, 7) is 0. The van der Waals surface area contributed by atoms with E-state index in [4.69, 9.17) is 28.0 Å². The minimum atomic E-state index is 0.815. The van der Waals surface area contributed by atoms with Crippen molar-refractivity contribution in [3.8, 4) is 0 Å². The summed E-state index contributed by atoms with van der Waals surface area (Å²) in [4.78, 5) is 9.82. The SMILES string of the molecule is Cl[c-]1cccc1.Cl[c-]1cccc1.O=[C]=[Fe]. The van der Waals surface area contributed by atoms with E-state index in [0.717, 1.165) is 10.0 Å². The third-order valence-electron chi connectivity index (χ3n) is 1.24. The van der Waals surface area contributed by atoms with Gasteiger partial charge in [0, 0.05) is 0 Å². The van der Waals surface area contributed by atoms with Crippen LogP contribution in [0.25, 0.3) is 0 Å². The van der Waals surface area contributed by atoms with E-state index in [1.165, 1.54) is 4.79 Å². The first kappa shape index (κ1) is 14.4. The van der Waals surface area contributed by atoms with Crippen molar-refractivity contribution in [2.24, 2.45) is 0 Å². The van der Waals surface area contributed by atoms with Crippen LogP contribution in [0, 0.1) is 0 Å². The second-order valence-electron chi connectivity index (χ2n) is 2.28. The Hall–Kier alpha value is -0.621. The molecule has 4 heteroatoms. The fourth-order valence-electron chi connectivity index (χ4n) is 0.701. The molecule has 0 bridgehead atoms. The van der Waals surface area contributed by atoms with Gasteiger partial charge in [0.25, 0.3) is 0 Å². The van der Waals surface area contributed by atoms with Crippen LogP contribution in [0.15, 0.2) is 48.5 Å². The summed E-state index contributed by atoms with van der Waals surface area (Å²) in [7, 11) is 0. The maximum atomic E-state index is 8.57. The maximum absolute atomic E-state index is 8.57. The molecular weight excluding hydrogens is 275 g/mol. The average molecular weight is 283 g/mol. The van der Waals surface area contributed by atoms with Gasteiger partial charge >= 0.3 is 25.2 Å². The third-order valence-corrected chi connectivity index (χ3v) is 1.75. The Morgan fingerprint density at radius 3 is 1.13 bits per heavy atom. The molecule has 0 heterocycles. The molecule has 2 aromatic rings. The fourth-order valence-corrected chi connectivity index (χ4v) is 0.992. The van der Waals surface area contributed by atoms with Crippen molar-refractivity contribution < 1.29 is 20.4 Å². The van der Waals surface area contributed by atoms with Gasteiger partial charge in [0.1, 0.15) is 0 Å². The Morgan fingerprint density at radius 2 is 1.07 bits per heavy atom. The molecule has 0 fully saturated rings. The van der Waals surface area contributed by atoms with Crippen molar-refractivity contribution in [2.75, 3.05) is 0 Å². The second-order valence-corrected chi connectivity index (χ2v) is 3.38. The van der Waals surface area contributed by atoms with Gasteiger partial charge in [0.05, 0.1) is 0 Å². The second kappa shape index (κ2) is 9.92. The normalized spacial score (nSPS) is 7.67.